The van der Waals surface area contributed by atoms with E-state index in [9.17, 15) is 0 Å². The maximum atomic E-state index is 7.58. The highest BCUT2D eigenvalue weighted by molar-refractivity contribution is 8.15. The summed E-state index contributed by atoms with van der Waals surface area (Å²) in [5.41, 5.74) is 1.17. The molecule has 18 heavy (non-hydrogen) atoms. The number of amidine groups is 2. The Bertz CT molecular complexity index is 420. The van der Waals surface area contributed by atoms with Gasteiger partial charge in [0.15, 0.2) is 5.17 Å². The first kappa shape index (κ1) is 15.1. The number of thioether (sulfide) groups is 1. The summed E-state index contributed by atoms with van der Waals surface area (Å²) in [6.45, 7) is 3.16. The van der Waals surface area contributed by atoms with Gasteiger partial charge in [0.25, 0.3) is 0 Å². The van der Waals surface area contributed by atoms with Crippen molar-refractivity contribution in [3.05, 3.63) is 30.3 Å². The van der Waals surface area contributed by atoms with Crippen LogP contribution >= 0.6 is 24.2 Å². The van der Waals surface area contributed by atoms with Crippen molar-refractivity contribution in [2.75, 3.05) is 17.2 Å². The van der Waals surface area contributed by atoms with Gasteiger partial charge in [-0.15, -0.1) is 12.4 Å². The van der Waals surface area contributed by atoms with E-state index in [1.165, 1.54) is 12.1 Å². The molecule has 1 aliphatic heterocycles. The van der Waals surface area contributed by atoms with Crippen LogP contribution in [-0.4, -0.2) is 23.3 Å². The lowest BCUT2D eigenvalue weighted by atomic mass is 10.2. The van der Waals surface area contributed by atoms with Gasteiger partial charge in [0.1, 0.15) is 5.84 Å². The van der Waals surface area contributed by atoms with Gasteiger partial charge in [0, 0.05) is 12.2 Å². The Labute approximate surface area is 119 Å². The van der Waals surface area contributed by atoms with E-state index in [4.69, 9.17) is 5.41 Å². The van der Waals surface area contributed by atoms with Crippen molar-refractivity contribution < 1.29 is 0 Å². The predicted octanol–water partition coefficient (Wildman–Crippen LogP) is 3.79. The molecule has 0 fully saturated rings. The summed E-state index contributed by atoms with van der Waals surface area (Å²) in [5, 5.41) is 8.54. The Morgan fingerprint density at radius 2 is 2.06 bits per heavy atom. The van der Waals surface area contributed by atoms with E-state index in [0.29, 0.717) is 11.6 Å². The molecule has 1 aromatic rings. The number of halogens is 1. The second-order valence-corrected chi connectivity index (χ2v) is 4.91. The lowest BCUT2D eigenvalue weighted by Gasteiger charge is -2.23. The third kappa shape index (κ3) is 3.75. The van der Waals surface area contributed by atoms with Crippen molar-refractivity contribution in [2.45, 2.75) is 19.8 Å². The molecular formula is C13H18ClN3S. The van der Waals surface area contributed by atoms with Crippen LogP contribution in [0.2, 0.25) is 0 Å². The fraction of sp³-hybridized carbons (Fsp3) is 0.385. The van der Waals surface area contributed by atoms with Gasteiger partial charge in [0.05, 0.1) is 5.75 Å². The van der Waals surface area contributed by atoms with Crippen LogP contribution in [0.4, 0.5) is 5.69 Å². The smallest absolute Gasteiger partial charge is 0.170 e. The Kier molecular flexibility index (Phi) is 6.22. The molecule has 0 bridgehead atoms. The highest BCUT2D eigenvalue weighted by Gasteiger charge is 2.19. The third-order valence-corrected chi connectivity index (χ3v) is 3.59. The Hall–Kier alpha value is -1.00. The van der Waals surface area contributed by atoms with Crippen LogP contribution in [-0.2, 0) is 0 Å². The SMILES string of the molecule is CCCCN(C1=NC(=N)CS1)c1ccccc1.Cl. The van der Waals surface area contributed by atoms with E-state index < -0.39 is 0 Å². The van der Waals surface area contributed by atoms with Gasteiger partial charge in [-0.1, -0.05) is 43.3 Å². The zero-order chi connectivity index (χ0) is 12.1. The predicted molar refractivity (Wildman–Crippen MR) is 83.6 cm³/mol. The number of rotatable bonds is 4. The largest absolute Gasteiger partial charge is 0.321 e. The molecule has 98 valence electrons. The summed E-state index contributed by atoms with van der Waals surface area (Å²) in [4.78, 5) is 6.52. The molecule has 0 radical (unpaired) electrons. The first-order valence-corrected chi connectivity index (χ1v) is 6.91. The molecule has 1 N–H and O–H groups in total. The van der Waals surface area contributed by atoms with Crippen molar-refractivity contribution in [2.24, 2.45) is 4.99 Å². The molecule has 0 saturated carbocycles. The highest BCUT2D eigenvalue weighted by Crippen LogP contribution is 2.23. The fourth-order valence-electron chi connectivity index (χ4n) is 1.71. The summed E-state index contributed by atoms with van der Waals surface area (Å²) in [6, 6.07) is 10.3. The molecule has 0 saturated heterocycles. The van der Waals surface area contributed by atoms with E-state index >= 15 is 0 Å². The lowest BCUT2D eigenvalue weighted by molar-refractivity contribution is 0.798. The van der Waals surface area contributed by atoms with Crippen LogP contribution in [0, 0.1) is 5.41 Å². The number of nitrogens with zero attached hydrogens (tertiary/aromatic N) is 2. The fourth-order valence-corrected chi connectivity index (χ4v) is 2.57. The van der Waals surface area contributed by atoms with Gasteiger partial charge in [-0.25, -0.2) is 4.99 Å². The summed E-state index contributed by atoms with van der Waals surface area (Å²) < 4.78 is 0. The van der Waals surface area contributed by atoms with Crippen molar-refractivity contribution in [3.8, 4) is 0 Å². The van der Waals surface area contributed by atoms with E-state index in [-0.39, 0.29) is 12.4 Å². The number of para-hydroxylation sites is 1. The topological polar surface area (TPSA) is 39.5 Å². The third-order valence-electron chi connectivity index (χ3n) is 2.60. The number of anilines is 1. The highest BCUT2D eigenvalue weighted by atomic mass is 35.5. The maximum Gasteiger partial charge on any atom is 0.170 e. The lowest BCUT2D eigenvalue weighted by Crippen LogP contribution is -2.28. The summed E-state index contributed by atoms with van der Waals surface area (Å²) in [5.74, 6) is 1.17. The second kappa shape index (κ2) is 7.44. The summed E-state index contributed by atoms with van der Waals surface area (Å²) in [7, 11) is 0. The van der Waals surface area contributed by atoms with Crippen LogP contribution in [0.5, 0.6) is 0 Å². The Morgan fingerprint density at radius 3 is 2.61 bits per heavy atom. The van der Waals surface area contributed by atoms with Gasteiger partial charge in [-0.2, -0.15) is 0 Å². The first-order valence-electron chi connectivity index (χ1n) is 5.92. The Morgan fingerprint density at radius 1 is 1.33 bits per heavy atom. The molecule has 1 aliphatic rings. The van der Waals surface area contributed by atoms with Gasteiger partial charge in [-0.3, -0.25) is 5.41 Å². The number of nitrogens with one attached hydrogen (secondary N) is 1. The number of hydrogen-bond acceptors (Lipinski definition) is 3. The molecule has 5 heteroatoms. The number of unbranched alkanes of at least 4 members (excludes halogenated alkanes) is 1. The van der Waals surface area contributed by atoms with E-state index in [1.807, 2.05) is 18.2 Å². The normalized spacial score (nSPS) is 14.1. The standard InChI is InChI=1S/C13H17N3S.ClH/c1-2-3-9-16(11-7-5-4-6-8-11)13-15-12(14)10-17-13;/h4-8,14H,2-3,9-10H2,1H3;1H. The Balaban J connectivity index is 0.00000162. The number of benzene rings is 1. The molecule has 0 amide bonds. The van der Waals surface area contributed by atoms with Crippen molar-refractivity contribution in [3.63, 3.8) is 0 Å². The van der Waals surface area contributed by atoms with Crippen molar-refractivity contribution >= 4 is 40.9 Å². The molecule has 0 aromatic heterocycles. The average Bonchev–Trinajstić information content (AvgIpc) is 2.78. The van der Waals surface area contributed by atoms with Gasteiger partial charge >= 0.3 is 0 Å². The van der Waals surface area contributed by atoms with Gasteiger partial charge in [0.2, 0.25) is 0 Å². The minimum atomic E-state index is 0. The molecule has 0 unspecified atom stereocenters. The molecule has 3 nitrogen and oxygen atoms in total. The monoisotopic (exact) mass is 283 g/mol. The van der Waals surface area contributed by atoms with Crippen LogP contribution in [0.15, 0.2) is 35.3 Å². The molecule has 0 atom stereocenters. The van der Waals surface area contributed by atoms with Gasteiger partial charge < -0.3 is 4.90 Å². The minimum Gasteiger partial charge on any atom is -0.321 e. The van der Waals surface area contributed by atoms with E-state index in [1.54, 1.807) is 11.8 Å². The van der Waals surface area contributed by atoms with E-state index in [2.05, 4.69) is 28.9 Å². The van der Waals surface area contributed by atoms with E-state index in [0.717, 1.165) is 18.1 Å². The maximum absolute atomic E-state index is 7.58. The second-order valence-electron chi connectivity index (χ2n) is 3.97. The molecule has 0 aliphatic carbocycles. The number of aliphatic imine (C=N–C) groups is 1. The molecular weight excluding hydrogens is 266 g/mol. The summed E-state index contributed by atoms with van der Waals surface area (Å²) >= 11 is 1.66. The number of hydrogen-bond donors (Lipinski definition) is 1. The zero-order valence-electron chi connectivity index (χ0n) is 10.4. The van der Waals surface area contributed by atoms with Crippen molar-refractivity contribution in [1.29, 1.82) is 5.41 Å². The quantitative estimate of drug-likeness (QED) is 0.913. The van der Waals surface area contributed by atoms with Crippen LogP contribution in [0.3, 0.4) is 0 Å². The first-order chi connectivity index (χ1) is 8.31. The van der Waals surface area contributed by atoms with Crippen molar-refractivity contribution in [1.82, 2.24) is 0 Å². The summed E-state index contributed by atoms with van der Waals surface area (Å²) in [6.07, 6.45) is 2.31. The molecule has 1 aromatic carbocycles. The van der Waals surface area contributed by atoms with Gasteiger partial charge in [-0.05, 0) is 18.6 Å². The minimum absolute atomic E-state index is 0. The molecule has 1 heterocycles. The zero-order valence-corrected chi connectivity index (χ0v) is 12.1. The molecule has 2 rings (SSSR count). The van der Waals surface area contributed by atoms with Crippen LogP contribution < -0.4 is 4.90 Å². The van der Waals surface area contributed by atoms with Crippen LogP contribution in [0.25, 0.3) is 0 Å². The average molecular weight is 284 g/mol. The molecule has 0 spiro atoms. The van der Waals surface area contributed by atoms with Crippen LogP contribution in [0.1, 0.15) is 19.8 Å².